The van der Waals surface area contributed by atoms with Crippen LogP contribution in [0.5, 0.6) is 5.75 Å². The highest BCUT2D eigenvalue weighted by Gasteiger charge is 2.29. The van der Waals surface area contributed by atoms with Crippen LogP contribution < -0.4 is 10.1 Å². The highest BCUT2D eigenvalue weighted by atomic mass is 31.2. The largest absolute Gasteiger partial charge is 0.491 e. The van der Waals surface area contributed by atoms with Gasteiger partial charge in [0.25, 0.3) is 0 Å². The van der Waals surface area contributed by atoms with Crippen LogP contribution in [-0.2, 0) is 11.1 Å². The van der Waals surface area contributed by atoms with E-state index in [1.807, 2.05) is 44.2 Å². The minimum atomic E-state index is -4.31. The van der Waals surface area contributed by atoms with Crippen LogP contribution in [0, 0.1) is 0 Å². The third-order valence-electron chi connectivity index (χ3n) is 3.22. The van der Waals surface area contributed by atoms with Gasteiger partial charge >= 0.3 is 7.60 Å². The van der Waals surface area contributed by atoms with Gasteiger partial charge in [-0.2, -0.15) is 0 Å². The van der Waals surface area contributed by atoms with E-state index in [1.165, 1.54) is 0 Å². The van der Waals surface area contributed by atoms with Crippen LogP contribution in [0.1, 0.15) is 30.8 Å². The summed E-state index contributed by atoms with van der Waals surface area (Å²) in [6.45, 7) is 4.23. The van der Waals surface area contributed by atoms with Crippen molar-refractivity contribution >= 4 is 7.60 Å². The average molecular weight is 335 g/mol. The van der Waals surface area contributed by atoms with Crippen molar-refractivity contribution in [2.45, 2.75) is 32.3 Å². The summed E-state index contributed by atoms with van der Waals surface area (Å²) in [5.41, 5.74) is 1.47. The molecule has 0 spiro atoms. The number of rotatable bonds is 7. The highest BCUT2D eigenvalue weighted by molar-refractivity contribution is 7.52. The summed E-state index contributed by atoms with van der Waals surface area (Å²) < 4.78 is 17.4. The normalized spacial score (nSPS) is 13.1. The lowest BCUT2D eigenvalue weighted by molar-refractivity contribution is 0.242. The van der Waals surface area contributed by atoms with Crippen molar-refractivity contribution in [3.63, 3.8) is 0 Å². The van der Waals surface area contributed by atoms with Crippen LogP contribution in [0.2, 0.25) is 0 Å². The van der Waals surface area contributed by atoms with E-state index in [-0.39, 0.29) is 6.10 Å². The molecule has 1 unspecified atom stereocenters. The average Bonchev–Trinajstić information content (AvgIpc) is 2.47. The molecule has 0 aromatic heterocycles. The molecule has 0 aliphatic carbocycles. The van der Waals surface area contributed by atoms with Crippen molar-refractivity contribution < 1.29 is 19.1 Å². The minimum Gasteiger partial charge on any atom is -0.491 e. The summed E-state index contributed by atoms with van der Waals surface area (Å²) in [5.74, 6) is -0.287. The summed E-state index contributed by atoms with van der Waals surface area (Å²) in [6.07, 6.45) is 0.0744. The molecular weight excluding hydrogens is 313 g/mol. The zero-order valence-corrected chi connectivity index (χ0v) is 14.1. The zero-order chi connectivity index (χ0) is 16.9. The fourth-order valence-corrected chi connectivity index (χ4v) is 3.17. The Morgan fingerprint density at radius 2 is 1.78 bits per heavy atom. The fourth-order valence-electron chi connectivity index (χ4n) is 2.28. The van der Waals surface area contributed by atoms with Gasteiger partial charge < -0.3 is 14.5 Å². The molecule has 0 bridgehead atoms. The van der Waals surface area contributed by atoms with Gasteiger partial charge in [-0.25, -0.2) is 0 Å². The smallest absolute Gasteiger partial charge is 0.346 e. The third kappa shape index (κ3) is 5.48. The molecule has 2 aromatic carbocycles. The number of hydrogen-bond donors (Lipinski definition) is 3. The van der Waals surface area contributed by atoms with E-state index in [9.17, 15) is 14.4 Å². The quantitative estimate of drug-likeness (QED) is 0.676. The molecule has 3 N–H and O–H groups in total. The first-order valence-corrected chi connectivity index (χ1v) is 9.13. The Hall–Kier alpha value is -1.65. The third-order valence-corrected chi connectivity index (χ3v) is 4.37. The van der Waals surface area contributed by atoms with Crippen LogP contribution in [0.15, 0.2) is 54.6 Å². The Bertz CT molecular complexity index is 669. The number of ether oxygens (including phenoxy) is 1. The lowest BCUT2D eigenvalue weighted by Gasteiger charge is -2.20. The Morgan fingerprint density at radius 1 is 1.09 bits per heavy atom. The molecule has 5 nitrogen and oxygen atoms in total. The van der Waals surface area contributed by atoms with Gasteiger partial charge in [-0.15, -0.1) is 0 Å². The topological polar surface area (TPSA) is 78.8 Å². The van der Waals surface area contributed by atoms with Gasteiger partial charge in [0.15, 0.2) is 0 Å². The molecule has 1 atom stereocenters. The van der Waals surface area contributed by atoms with Crippen molar-refractivity contribution in [2.75, 3.05) is 0 Å². The predicted molar refractivity (Wildman–Crippen MR) is 90.3 cm³/mol. The molecule has 0 saturated carbocycles. The van der Waals surface area contributed by atoms with Gasteiger partial charge in [0, 0.05) is 6.54 Å². The van der Waals surface area contributed by atoms with E-state index in [4.69, 9.17) is 4.74 Å². The number of benzene rings is 2. The Morgan fingerprint density at radius 3 is 2.39 bits per heavy atom. The second kappa shape index (κ2) is 7.75. The van der Waals surface area contributed by atoms with Gasteiger partial charge in [-0.3, -0.25) is 9.88 Å². The molecule has 2 rings (SSSR count). The minimum absolute atomic E-state index is 0.0744. The fraction of sp³-hybridized carbons (Fsp3) is 0.294. The molecule has 23 heavy (non-hydrogen) atoms. The van der Waals surface area contributed by atoms with Gasteiger partial charge in [-0.1, -0.05) is 42.5 Å². The number of hydrogen-bond acceptors (Lipinski definition) is 3. The maximum absolute atomic E-state index is 11.8. The molecule has 0 aliphatic rings. The van der Waals surface area contributed by atoms with E-state index in [1.54, 1.807) is 24.3 Å². The van der Waals surface area contributed by atoms with Crippen molar-refractivity contribution in [1.29, 1.82) is 0 Å². The van der Waals surface area contributed by atoms with Crippen LogP contribution in [0.3, 0.4) is 0 Å². The van der Waals surface area contributed by atoms with E-state index in [2.05, 4.69) is 5.32 Å². The highest BCUT2D eigenvalue weighted by Crippen LogP contribution is 2.49. The Labute approximate surface area is 136 Å². The van der Waals surface area contributed by atoms with Crippen molar-refractivity contribution in [3.8, 4) is 5.75 Å². The molecule has 0 amide bonds. The summed E-state index contributed by atoms with van der Waals surface area (Å²) in [4.78, 5) is 19.2. The van der Waals surface area contributed by atoms with E-state index in [0.29, 0.717) is 12.1 Å². The molecule has 0 aliphatic heterocycles. The van der Waals surface area contributed by atoms with Crippen LogP contribution >= 0.6 is 7.60 Å². The van der Waals surface area contributed by atoms with Crippen LogP contribution in [0.4, 0.5) is 0 Å². The lowest BCUT2D eigenvalue weighted by Crippen LogP contribution is -2.21. The maximum atomic E-state index is 11.8. The van der Waals surface area contributed by atoms with Crippen molar-refractivity contribution in [3.05, 3.63) is 65.7 Å². The van der Waals surface area contributed by atoms with Gasteiger partial charge in [0.05, 0.1) is 6.10 Å². The number of nitrogens with one attached hydrogen (secondary N) is 1. The Balaban J connectivity index is 2.12. The van der Waals surface area contributed by atoms with Gasteiger partial charge in [-0.05, 0) is 37.1 Å². The molecule has 2 aromatic rings. The monoisotopic (exact) mass is 335 g/mol. The van der Waals surface area contributed by atoms with Crippen LogP contribution in [-0.4, -0.2) is 15.9 Å². The second-order valence-electron chi connectivity index (χ2n) is 5.60. The standard InChI is InChI=1S/C17H22NO4P/c1-13(2)22-16-10-6-7-14(11-16)12-18-17(23(19,20)21)15-8-4-3-5-9-15/h3-11,13,17-18H,12H2,1-2H3,(H2,19,20,21). The molecule has 0 fully saturated rings. The molecular formula is C17H22NO4P. The van der Waals surface area contributed by atoms with Gasteiger partial charge in [0.1, 0.15) is 11.5 Å². The molecule has 0 radical (unpaired) electrons. The maximum Gasteiger partial charge on any atom is 0.346 e. The first-order valence-electron chi connectivity index (χ1n) is 7.45. The van der Waals surface area contributed by atoms with E-state index >= 15 is 0 Å². The molecule has 6 heteroatoms. The lowest BCUT2D eigenvalue weighted by atomic mass is 10.2. The van der Waals surface area contributed by atoms with E-state index in [0.717, 1.165) is 11.3 Å². The molecule has 0 saturated heterocycles. The summed E-state index contributed by atoms with van der Waals surface area (Å²) in [6, 6.07) is 16.2. The SMILES string of the molecule is CC(C)Oc1cccc(CNC(c2ccccc2)P(=O)(O)O)c1. The first-order chi connectivity index (χ1) is 10.9. The summed E-state index contributed by atoms with van der Waals surface area (Å²) in [5, 5.41) is 2.95. The second-order valence-corrected chi connectivity index (χ2v) is 7.29. The first kappa shape index (κ1) is 17.7. The van der Waals surface area contributed by atoms with Gasteiger partial charge in [0.2, 0.25) is 0 Å². The van der Waals surface area contributed by atoms with Crippen LogP contribution in [0.25, 0.3) is 0 Å². The predicted octanol–water partition coefficient (Wildman–Crippen LogP) is 3.44. The van der Waals surface area contributed by atoms with E-state index < -0.39 is 13.4 Å². The molecule has 124 valence electrons. The van der Waals surface area contributed by atoms with Crippen molar-refractivity contribution in [1.82, 2.24) is 5.32 Å². The van der Waals surface area contributed by atoms with Crippen molar-refractivity contribution in [2.24, 2.45) is 0 Å². The zero-order valence-electron chi connectivity index (χ0n) is 13.2. The summed E-state index contributed by atoms with van der Waals surface area (Å²) >= 11 is 0. The Kier molecular flexibility index (Phi) is 5.97. The summed E-state index contributed by atoms with van der Waals surface area (Å²) in [7, 11) is -4.31. The molecule has 0 heterocycles.